The number of hydrogen-bond acceptors (Lipinski definition) is 4. The van der Waals surface area contributed by atoms with Crippen LogP contribution < -0.4 is 10.3 Å². The lowest BCUT2D eigenvalue weighted by Crippen LogP contribution is -2.28. The van der Waals surface area contributed by atoms with Gasteiger partial charge in [-0.15, -0.1) is 11.3 Å². The van der Waals surface area contributed by atoms with E-state index in [-0.39, 0.29) is 24.7 Å². The first kappa shape index (κ1) is 19.5. The minimum atomic E-state index is -0.287. The van der Waals surface area contributed by atoms with E-state index in [2.05, 4.69) is 10.5 Å². The Balaban J connectivity index is 1.64. The van der Waals surface area contributed by atoms with Gasteiger partial charge in [-0.3, -0.25) is 14.5 Å². The van der Waals surface area contributed by atoms with E-state index >= 15 is 0 Å². The van der Waals surface area contributed by atoms with Gasteiger partial charge in [-0.1, -0.05) is 42.5 Å². The number of anilines is 2. The number of para-hydroxylation sites is 2. The zero-order valence-corrected chi connectivity index (χ0v) is 16.4. The van der Waals surface area contributed by atoms with Crippen molar-refractivity contribution in [2.24, 2.45) is 5.10 Å². The van der Waals surface area contributed by atoms with Crippen LogP contribution in [-0.2, 0) is 9.59 Å². The molecule has 0 fully saturated rings. The van der Waals surface area contributed by atoms with Gasteiger partial charge < -0.3 is 0 Å². The molecule has 3 aromatic rings. The Kier molecular flexibility index (Phi) is 6.70. The van der Waals surface area contributed by atoms with Crippen LogP contribution in [0.15, 0.2) is 83.3 Å². The maximum atomic E-state index is 12.9. The molecule has 2 aromatic carbocycles. The van der Waals surface area contributed by atoms with Crippen molar-refractivity contribution in [3.63, 3.8) is 0 Å². The summed E-state index contributed by atoms with van der Waals surface area (Å²) >= 11 is 1.56. The third-order valence-electron chi connectivity index (χ3n) is 4.07. The zero-order chi connectivity index (χ0) is 19.8. The number of nitrogens with zero attached hydrogens (tertiary/aromatic N) is 2. The van der Waals surface area contributed by atoms with Gasteiger partial charge in [0.1, 0.15) is 0 Å². The van der Waals surface area contributed by atoms with Crippen LogP contribution in [0.2, 0.25) is 0 Å². The molecule has 0 aliphatic carbocycles. The highest BCUT2D eigenvalue weighted by molar-refractivity contribution is 7.12. The summed E-state index contributed by atoms with van der Waals surface area (Å²) in [7, 11) is 0. The first-order valence-corrected chi connectivity index (χ1v) is 9.83. The molecule has 0 atom stereocenters. The zero-order valence-electron chi connectivity index (χ0n) is 15.5. The molecular weight excluding hydrogens is 370 g/mol. The van der Waals surface area contributed by atoms with Crippen molar-refractivity contribution in [3.05, 3.63) is 83.1 Å². The molecule has 0 radical (unpaired) electrons. The van der Waals surface area contributed by atoms with E-state index in [1.165, 1.54) is 0 Å². The Bertz CT molecular complexity index is 899. The number of benzene rings is 2. The highest BCUT2D eigenvalue weighted by Gasteiger charge is 2.18. The maximum absolute atomic E-state index is 12.9. The summed E-state index contributed by atoms with van der Waals surface area (Å²) in [4.78, 5) is 27.6. The van der Waals surface area contributed by atoms with Crippen molar-refractivity contribution in [2.45, 2.75) is 19.8 Å². The van der Waals surface area contributed by atoms with E-state index in [9.17, 15) is 9.59 Å². The minimum Gasteiger partial charge on any atom is -0.281 e. The van der Waals surface area contributed by atoms with Crippen LogP contribution in [0, 0.1) is 0 Å². The summed E-state index contributed by atoms with van der Waals surface area (Å²) in [6.07, 6.45) is 0.152. The summed E-state index contributed by atoms with van der Waals surface area (Å²) in [6, 6.07) is 22.7. The Labute approximate surface area is 168 Å². The predicted molar refractivity (Wildman–Crippen MR) is 114 cm³/mol. The van der Waals surface area contributed by atoms with Crippen LogP contribution >= 0.6 is 11.3 Å². The molecule has 6 heteroatoms. The monoisotopic (exact) mass is 391 g/mol. The number of rotatable bonds is 7. The minimum absolute atomic E-state index is 0.0657. The second-order valence-electron chi connectivity index (χ2n) is 6.11. The van der Waals surface area contributed by atoms with Crippen molar-refractivity contribution >= 4 is 40.2 Å². The van der Waals surface area contributed by atoms with Gasteiger partial charge in [-0.05, 0) is 42.6 Å². The lowest BCUT2D eigenvalue weighted by Gasteiger charge is -2.23. The maximum Gasteiger partial charge on any atom is 0.240 e. The lowest BCUT2D eigenvalue weighted by molar-refractivity contribution is -0.124. The molecule has 0 saturated heterocycles. The molecule has 0 unspecified atom stereocenters. The van der Waals surface area contributed by atoms with Crippen molar-refractivity contribution < 1.29 is 9.59 Å². The van der Waals surface area contributed by atoms with Crippen molar-refractivity contribution in [2.75, 3.05) is 4.90 Å². The molecule has 0 aliphatic heterocycles. The number of carbonyl (C=O) groups excluding carboxylic acids is 2. The second kappa shape index (κ2) is 9.62. The van der Waals surface area contributed by atoms with Crippen LogP contribution in [0.1, 0.15) is 24.6 Å². The van der Waals surface area contributed by atoms with E-state index in [1.807, 2.05) is 85.1 Å². The number of hydrazone groups is 1. The topological polar surface area (TPSA) is 61.8 Å². The van der Waals surface area contributed by atoms with E-state index < -0.39 is 0 Å². The van der Waals surface area contributed by atoms with E-state index in [0.29, 0.717) is 0 Å². The van der Waals surface area contributed by atoms with Crippen LogP contribution in [-0.4, -0.2) is 17.5 Å². The fourth-order valence-corrected chi connectivity index (χ4v) is 3.34. The number of carbonyl (C=O) groups is 2. The van der Waals surface area contributed by atoms with Gasteiger partial charge >= 0.3 is 0 Å². The summed E-state index contributed by atoms with van der Waals surface area (Å²) in [5.41, 5.74) is 4.81. The number of nitrogens with one attached hydrogen (secondary N) is 1. The van der Waals surface area contributed by atoms with Gasteiger partial charge in [0.05, 0.1) is 5.71 Å². The third kappa shape index (κ3) is 5.14. The summed E-state index contributed by atoms with van der Waals surface area (Å²) in [6.45, 7) is 1.84. The van der Waals surface area contributed by atoms with Gasteiger partial charge in [-0.25, -0.2) is 5.43 Å². The predicted octanol–water partition coefficient (Wildman–Crippen LogP) is 4.73. The van der Waals surface area contributed by atoms with Gasteiger partial charge in [0.2, 0.25) is 11.8 Å². The Morgan fingerprint density at radius 1 is 0.893 bits per heavy atom. The molecule has 3 rings (SSSR count). The molecule has 1 heterocycles. The van der Waals surface area contributed by atoms with E-state index in [0.717, 1.165) is 22.0 Å². The summed E-state index contributed by atoms with van der Waals surface area (Å²) in [5.74, 6) is -0.433. The molecule has 1 aromatic heterocycles. The average Bonchev–Trinajstić information content (AvgIpc) is 3.27. The number of amides is 2. The van der Waals surface area contributed by atoms with Crippen LogP contribution in [0.3, 0.4) is 0 Å². The normalized spacial score (nSPS) is 11.1. The lowest BCUT2D eigenvalue weighted by atomic mass is 10.2. The van der Waals surface area contributed by atoms with Crippen molar-refractivity contribution in [1.82, 2.24) is 5.43 Å². The molecule has 0 saturated carbocycles. The SMILES string of the molecule is CC(=NNC(=O)CCC(=O)N(c1ccccc1)c1ccccc1)c1cccs1. The molecule has 5 nitrogen and oxygen atoms in total. The third-order valence-corrected chi connectivity index (χ3v) is 5.05. The molecule has 0 spiro atoms. The van der Waals surface area contributed by atoms with Gasteiger partial charge in [-0.2, -0.15) is 5.10 Å². The molecule has 0 bridgehead atoms. The summed E-state index contributed by atoms with van der Waals surface area (Å²) < 4.78 is 0. The summed E-state index contributed by atoms with van der Waals surface area (Å²) in [5, 5.41) is 6.06. The molecule has 0 aliphatic rings. The molecular formula is C22H21N3O2S. The molecule has 28 heavy (non-hydrogen) atoms. The first-order valence-electron chi connectivity index (χ1n) is 8.95. The smallest absolute Gasteiger partial charge is 0.240 e. The van der Waals surface area contributed by atoms with Crippen molar-refractivity contribution in [3.8, 4) is 0 Å². The largest absolute Gasteiger partial charge is 0.281 e. The standard InChI is InChI=1S/C22H21N3O2S/c1-17(20-13-8-16-28-20)23-24-21(26)14-15-22(27)25(18-9-4-2-5-10-18)19-11-6-3-7-12-19/h2-13,16H,14-15H2,1H3,(H,24,26). The highest BCUT2D eigenvalue weighted by atomic mass is 32.1. The Morgan fingerprint density at radius 2 is 1.50 bits per heavy atom. The highest BCUT2D eigenvalue weighted by Crippen LogP contribution is 2.26. The van der Waals surface area contributed by atoms with Crippen LogP contribution in [0.4, 0.5) is 11.4 Å². The first-order chi connectivity index (χ1) is 13.6. The average molecular weight is 391 g/mol. The molecule has 2 amide bonds. The van der Waals surface area contributed by atoms with E-state index in [4.69, 9.17) is 0 Å². The number of thiophene rings is 1. The Hall–Kier alpha value is -3.25. The van der Waals surface area contributed by atoms with Crippen molar-refractivity contribution in [1.29, 1.82) is 0 Å². The Morgan fingerprint density at radius 3 is 2.04 bits per heavy atom. The fraction of sp³-hybridized carbons (Fsp3) is 0.136. The van der Waals surface area contributed by atoms with Gasteiger partial charge in [0, 0.05) is 29.1 Å². The quantitative estimate of drug-likeness (QED) is 0.467. The molecule has 142 valence electrons. The van der Waals surface area contributed by atoms with Crippen LogP contribution in [0.5, 0.6) is 0 Å². The number of hydrogen-bond donors (Lipinski definition) is 1. The van der Waals surface area contributed by atoms with Crippen LogP contribution in [0.25, 0.3) is 0 Å². The van der Waals surface area contributed by atoms with E-state index in [1.54, 1.807) is 16.2 Å². The van der Waals surface area contributed by atoms with Gasteiger partial charge in [0.15, 0.2) is 0 Å². The van der Waals surface area contributed by atoms with Gasteiger partial charge in [0.25, 0.3) is 0 Å². The molecule has 1 N–H and O–H groups in total. The fourth-order valence-electron chi connectivity index (χ4n) is 2.67. The second-order valence-corrected chi connectivity index (χ2v) is 7.06.